The molecule has 0 bridgehead atoms. The molecule has 0 unspecified atom stereocenters. The summed E-state index contributed by atoms with van der Waals surface area (Å²) in [6.45, 7) is 0.878. The van der Waals surface area contributed by atoms with Gasteiger partial charge in [0.15, 0.2) is 0 Å². The molecule has 2 aromatic rings. The monoisotopic (exact) mass is 271 g/mol. The lowest BCUT2D eigenvalue weighted by atomic mass is 10.1. The molecule has 0 aliphatic carbocycles. The molecule has 19 heavy (non-hydrogen) atoms. The van der Waals surface area contributed by atoms with Crippen LogP contribution in [0.3, 0.4) is 0 Å². The Morgan fingerprint density at radius 2 is 1.89 bits per heavy atom. The summed E-state index contributed by atoms with van der Waals surface area (Å²) in [5.74, 6) is 0.818. The van der Waals surface area contributed by atoms with Crippen LogP contribution in [0.25, 0.3) is 0 Å². The van der Waals surface area contributed by atoms with Crippen molar-refractivity contribution in [2.75, 3.05) is 11.9 Å². The fraction of sp³-hybridized carbons (Fsp3) is 0.200. The minimum Gasteiger partial charge on any atom is -0.388 e. The number of aromatic nitrogens is 1. The zero-order valence-corrected chi connectivity index (χ0v) is 11.5. The summed E-state index contributed by atoms with van der Waals surface area (Å²) in [7, 11) is 0. The number of nitrogens with one attached hydrogen (secondary N) is 1. The maximum atomic E-state index is 5.55. The first kappa shape index (κ1) is 13.5. The fourth-order valence-corrected chi connectivity index (χ4v) is 1.94. The third kappa shape index (κ3) is 4.34. The molecule has 0 amide bonds. The quantitative estimate of drug-likeness (QED) is 0.626. The second kappa shape index (κ2) is 6.85. The second-order valence-corrected chi connectivity index (χ2v) is 4.73. The molecule has 1 heterocycles. The average Bonchev–Trinajstić information content (AvgIpc) is 2.45. The van der Waals surface area contributed by atoms with E-state index in [-0.39, 0.29) is 0 Å². The van der Waals surface area contributed by atoms with Crippen molar-refractivity contribution in [3.63, 3.8) is 0 Å². The molecule has 98 valence electrons. The van der Waals surface area contributed by atoms with Gasteiger partial charge in [-0.15, -0.1) is 0 Å². The van der Waals surface area contributed by atoms with Crippen LogP contribution in [0.5, 0.6) is 0 Å². The first-order chi connectivity index (χ1) is 9.25. The predicted octanol–water partition coefficient (Wildman–Crippen LogP) is 2.76. The van der Waals surface area contributed by atoms with Crippen LogP contribution in [0.15, 0.2) is 48.5 Å². The molecule has 0 aliphatic heterocycles. The Bertz CT molecular complexity index is 540. The van der Waals surface area contributed by atoms with E-state index in [1.807, 2.05) is 24.3 Å². The molecule has 4 heteroatoms. The number of rotatable bonds is 6. The molecule has 1 aromatic carbocycles. The summed E-state index contributed by atoms with van der Waals surface area (Å²) in [4.78, 5) is 4.67. The van der Waals surface area contributed by atoms with Crippen molar-refractivity contribution in [2.24, 2.45) is 5.73 Å². The third-order valence-electron chi connectivity index (χ3n) is 2.79. The molecular weight excluding hydrogens is 254 g/mol. The molecular formula is C15H17N3S. The van der Waals surface area contributed by atoms with E-state index in [9.17, 15) is 0 Å². The van der Waals surface area contributed by atoms with E-state index < -0.39 is 0 Å². The Hall–Kier alpha value is -1.94. The van der Waals surface area contributed by atoms with Gasteiger partial charge in [-0.2, -0.15) is 0 Å². The normalized spacial score (nSPS) is 10.1. The molecule has 0 spiro atoms. The van der Waals surface area contributed by atoms with E-state index in [4.69, 9.17) is 18.0 Å². The number of nitrogens with zero attached hydrogens (tertiary/aromatic N) is 1. The van der Waals surface area contributed by atoms with Gasteiger partial charge < -0.3 is 11.1 Å². The molecule has 3 N–H and O–H groups in total. The Morgan fingerprint density at radius 1 is 1.11 bits per heavy atom. The van der Waals surface area contributed by atoms with Crippen molar-refractivity contribution < 1.29 is 0 Å². The van der Waals surface area contributed by atoms with Crippen LogP contribution in [-0.2, 0) is 6.42 Å². The average molecular weight is 271 g/mol. The number of anilines is 1. The number of nitrogens with two attached hydrogens (primary N) is 1. The first-order valence-corrected chi connectivity index (χ1v) is 6.71. The summed E-state index contributed by atoms with van der Waals surface area (Å²) in [5, 5.41) is 3.28. The van der Waals surface area contributed by atoms with Gasteiger partial charge in [0.05, 0.1) is 5.69 Å². The van der Waals surface area contributed by atoms with Crippen molar-refractivity contribution in [3.8, 4) is 0 Å². The van der Waals surface area contributed by atoms with Crippen LogP contribution in [0.1, 0.15) is 17.7 Å². The highest BCUT2D eigenvalue weighted by atomic mass is 32.1. The summed E-state index contributed by atoms with van der Waals surface area (Å²) >= 11 is 4.91. The van der Waals surface area contributed by atoms with Gasteiger partial charge in [0.25, 0.3) is 0 Å². The van der Waals surface area contributed by atoms with Crippen molar-refractivity contribution in [1.29, 1.82) is 0 Å². The highest BCUT2D eigenvalue weighted by Gasteiger charge is 1.99. The Labute approximate surface area is 118 Å². The van der Waals surface area contributed by atoms with Crippen LogP contribution >= 0.6 is 12.2 Å². The summed E-state index contributed by atoms with van der Waals surface area (Å²) in [5.41, 5.74) is 7.57. The standard InChI is InChI=1S/C15H17N3S/c16-15(19)13-9-4-10-14(18-13)17-11-5-8-12-6-2-1-3-7-12/h1-4,6-7,9-10H,5,8,11H2,(H2,16,19)(H,17,18). The maximum Gasteiger partial charge on any atom is 0.126 e. The van der Waals surface area contributed by atoms with Crippen LogP contribution in [0.4, 0.5) is 5.82 Å². The highest BCUT2D eigenvalue weighted by Crippen LogP contribution is 2.06. The molecule has 0 atom stereocenters. The smallest absolute Gasteiger partial charge is 0.126 e. The maximum absolute atomic E-state index is 5.55. The van der Waals surface area contributed by atoms with Gasteiger partial charge in [-0.05, 0) is 30.5 Å². The lowest BCUT2D eigenvalue weighted by molar-refractivity contribution is 0.859. The van der Waals surface area contributed by atoms with E-state index in [1.54, 1.807) is 0 Å². The van der Waals surface area contributed by atoms with Crippen molar-refractivity contribution >= 4 is 23.0 Å². The summed E-state index contributed by atoms with van der Waals surface area (Å²) in [6.07, 6.45) is 2.12. The van der Waals surface area contributed by atoms with E-state index in [2.05, 4.69) is 34.6 Å². The Morgan fingerprint density at radius 3 is 2.63 bits per heavy atom. The molecule has 0 radical (unpaired) electrons. The number of pyridine rings is 1. The summed E-state index contributed by atoms with van der Waals surface area (Å²) < 4.78 is 0. The van der Waals surface area contributed by atoms with Crippen molar-refractivity contribution in [3.05, 3.63) is 59.8 Å². The fourth-order valence-electron chi connectivity index (χ4n) is 1.82. The van der Waals surface area contributed by atoms with E-state index in [1.165, 1.54) is 5.56 Å². The third-order valence-corrected chi connectivity index (χ3v) is 3.00. The van der Waals surface area contributed by atoms with Gasteiger partial charge in [0.2, 0.25) is 0 Å². The Balaban J connectivity index is 1.80. The van der Waals surface area contributed by atoms with E-state index >= 15 is 0 Å². The van der Waals surface area contributed by atoms with Crippen molar-refractivity contribution in [2.45, 2.75) is 12.8 Å². The van der Waals surface area contributed by atoms with Gasteiger partial charge in [0.1, 0.15) is 10.8 Å². The van der Waals surface area contributed by atoms with Gasteiger partial charge in [-0.25, -0.2) is 4.98 Å². The molecule has 3 nitrogen and oxygen atoms in total. The lowest BCUT2D eigenvalue weighted by Gasteiger charge is -2.07. The first-order valence-electron chi connectivity index (χ1n) is 6.30. The number of hydrogen-bond donors (Lipinski definition) is 2. The van der Waals surface area contributed by atoms with E-state index in [0.29, 0.717) is 10.7 Å². The molecule has 0 saturated carbocycles. The number of benzene rings is 1. The largest absolute Gasteiger partial charge is 0.388 e. The number of aryl methyl sites for hydroxylation is 1. The molecule has 2 rings (SSSR count). The predicted molar refractivity (Wildman–Crippen MR) is 83.4 cm³/mol. The minimum atomic E-state index is 0.327. The second-order valence-electron chi connectivity index (χ2n) is 4.29. The van der Waals surface area contributed by atoms with Crippen LogP contribution in [0.2, 0.25) is 0 Å². The van der Waals surface area contributed by atoms with Gasteiger partial charge in [0, 0.05) is 6.54 Å². The summed E-state index contributed by atoms with van der Waals surface area (Å²) in [6, 6.07) is 16.1. The number of thiocarbonyl (C=S) groups is 1. The van der Waals surface area contributed by atoms with Crippen molar-refractivity contribution in [1.82, 2.24) is 4.98 Å². The molecule has 0 saturated heterocycles. The highest BCUT2D eigenvalue weighted by molar-refractivity contribution is 7.80. The van der Waals surface area contributed by atoms with Gasteiger partial charge in [-0.3, -0.25) is 0 Å². The zero-order chi connectivity index (χ0) is 13.5. The minimum absolute atomic E-state index is 0.327. The molecule has 0 aliphatic rings. The molecule has 1 aromatic heterocycles. The van der Waals surface area contributed by atoms with Gasteiger partial charge in [-0.1, -0.05) is 48.6 Å². The topological polar surface area (TPSA) is 50.9 Å². The Kier molecular flexibility index (Phi) is 4.86. The molecule has 0 fully saturated rings. The number of hydrogen-bond acceptors (Lipinski definition) is 3. The lowest BCUT2D eigenvalue weighted by Crippen LogP contribution is -2.13. The zero-order valence-electron chi connectivity index (χ0n) is 10.7. The van der Waals surface area contributed by atoms with Gasteiger partial charge >= 0.3 is 0 Å². The van der Waals surface area contributed by atoms with E-state index in [0.717, 1.165) is 25.2 Å². The van der Waals surface area contributed by atoms with Crippen LogP contribution < -0.4 is 11.1 Å². The van der Waals surface area contributed by atoms with Crippen LogP contribution in [0, 0.1) is 0 Å². The SMILES string of the molecule is NC(=S)c1cccc(NCCCc2ccccc2)n1. The van der Waals surface area contributed by atoms with Crippen LogP contribution in [-0.4, -0.2) is 16.5 Å².